The van der Waals surface area contributed by atoms with E-state index in [-0.39, 0.29) is 17.8 Å². The highest BCUT2D eigenvalue weighted by atomic mass is 32.2. The van der Waals surface area contributed by atoms with Crippen LogP contribution in [0.5, 0.6) is 0 Å². The Bertz CT molecular complexity index is 555. The molecule has 1 aromatic carbocycles. The first-order valence-corrected chi connectivity index (χ1v) is 8.65. The Kier molecular flexibility index (Phi) is 4.02. The molecule has 0 spiro atoms. The molecule has 0 saturated carbocycles. The van der Waals surface area contributed by atoms with E-state index in [2.05, 4.69) is 45.1 Å². The van der Waals surface area contributed by atoms with Crippen molar-refractivity contribution >= 4 is 9.84 Å². The highest BCUT2D eigenvalue weighted by Gasteiger charge is 2.28. The summed E-state index contributed by atoms with van der Waals surface area (Å²) in [6.45, 7) is 8.27. The molecule has 106 valence electrons. The SMILES string of the molecule is Cc1cc(C)c(C2CS(=O)(=O)CCC(C)N2)c(C)c1. The molecule has 1 aliphatic heterocycles. The zero-order valence-electron chi connectivity index (χ0n) is 12.2. The Morgan fingerprint density at radius 2 is 1.74 bits per heavy atom. The van der Waals surface area contributed by atoms with Crippen molar-refractivity contribution in [3.05, 3.63) is 34.4 Å². The second-order valence-corrected chi connectivity index (χ2v) is 8.06. The van der Waals surface area contributed by atoms with Gasteiger partial charge in [-0.15, -0.1) is 0 Å². The van der Waals surface area contributed by atoms with Crippen LogP contribution < -0.4 is 5.32 Å². The van der Waals surface area contributed by atoms with Crippen LogP contribution in [-0.4, -0.2) is 26.0 Å². The first-order chi connectivity index (χ1) is 8.78. The average Bonchev–Trinajstić information content (AvgIpc) is 2.36. The summed E-state index contributed by atoms with van der Waals surface area (Å²) in [5.74, 6) is 0.504. The second-order valence-electron chi connectivity index (χ2n) is 5.84. The largest absolute Gasteiger partial charge is 0.307 e. The van der Waals surface area contributed by atoms with Crippen LogP contribution in [0.1, 0.15) is 41.6 Å². The smallest absolute Gasteiger partial charge is 0.152 e. The average molecular weight is 281 g/mol. The van der Waals surface area contributed by atoms with Gasteiger partial charge in [0, 0.05) is 12.1 Å². The van der Waals surface area contributed by atoms with Gasteiger partial charge in [-0.1, -0.05) is 17.7 Å². The van der Waals surface area contributed by atoms with E-state index in [1.54, 1.807) is 0 Å². The van der Waals surface area contributed by atoms with Gasteiger partial charge in [0.05, 0.1) is 11.5 Å². The van der Waals surface area contributed by atoms with Crippen molar-refractivity contribution in [1.82, 2.24) is 5.32 Å². The summed E-state index contributed by atoms with van der Waals surface area (Å²) in [5, 5.41) is 3.47. The lowest BCUT2D eigenvalue weighted by Gasteiger charge is -2.23. The zero-order valence-corrected chi connectivity index (χ0v) is 13.0. The minimum absolute atomic E-state index is 0.0805. The first-order valence-electron chi connectivity index (χ1n) is 6.83. The number of hydrogen-bond donors (Lipinski definition) is 1. The number of rotatable bonds is 1. The monoisotopic (exact) mass is 281 g/mol. The van der Waals surface area contributed by atoms with Crippen molar-refractivity contribution in [3.8, 4) is 0 Å². The summed E-state index contributed by atoms with van der Waals surface area (Å²) >= 11 is 0. The maximum absolute atomic E-state index is 12.0. The lowest BCUT2D eigenvalue weighted by Crippen LogP contribution is -2.32. The molecule has 0 bridgehead atoms. The van der Waals surface area contributed by atoms with E-state index in [1.165, 1.54) is 16.7 Å². The summed E-state index contributed by atoms with van der Waals surface area (Å²) in [4.78, 5) is 0. The normalized spacial score (nSPS) is 26.9. The van der Waals surface area contributed by atoms with E-state index < -0.39 is 9.84 Å². The molecule has 0 aromatic heterocycles. The Morgan fingerprint density at radius 1 is 1.16 bits per heavy atom. The zero-order chi connectivity index (χ0) is 14.2. The number of sulfone groups is 1. The predicted molar refractivity (Wildman–Crippen MR) is 79.3 cm³/mol. The molecule has 1 heterocycles. The molecule has 1 saturated heterocycles. The van der Waals surface area contributed by atoms with Gasteiger partial charge in [-0.2, -0.15) is 0 Å². The van der Waals surface area contributed by atoms with E-state index >= 15 is 0 Å². The van der Waals surface area contributed by atoms with Crippen LogP contribution in [0, 0.1) is 20.8 Å². The van der Waals surface area contributed by atoms with Crippen LogP contribution in [0.2, 0.25) is 0 Å². The van der Waals surface area contributed by atoms with Gasteiger partial charge in [-0.3, -0.25) is 0 Å². The van der Waals surface area contributed by atoms with Gasteiger partial charge >= 0.3 is 0 Å². The van der Waals surface area contributed by atoms with Crippen molar-refractivity contribution in [2.45, 2.75) is 46.2 Å². The molecule has 1 aliphatic rings. The van der Waals surface area contributed by atoms with E-state index in [0.717, 1.165) is 5.56 Å². The van der Waals surface area contributed by atoms with E-state index in [9.17, 15) is 8.42 Å². The molecule has 1 fully saturated rings. The van der Waals surface area contributed by atoms with Crippen LogP contribution >= 0.6 is 0 Å². The van der Waals surface area contributed by atoms with Crippen LogP contribution in [0.4, 0.5) is 0 Å². The van der Waals surface area contributed by atoms with Gasteiger partial charge in [0.25, 0.3) is 0 Å². The minimum atomic E-state index is -2.96. The maximum Gasteiger partial charge on any atom is 0.152 e. The summed E-state index contributed by atoms with van der Waals surface area (Å²) < 4.78 is 24.1. The van der Waals surface area contributed by atoms with Crippen LogP contribution in [0.3, 0.4) is 0 Å². The molecule has 2 rings (SSSR count). The summed E-state index contributed by atoms with van der Waals surface area (Å²) in [6.07, 6.45) is 0.697. The molecule has 19 heavy (non-hydrogen) atoms. The molecule has 1 aromatic rings. The van der Waals surface area contributed by atoms with Gasteiger partial charge in [0.15, 0.2) is 9.84 Å². The quantitative estimate of drug-likeness (QED) is 0.860. The fraction of sp³-hybridized carbons (Fsp3) is 0.600. The number of hydrogen-bond acceptors (Lipinski definition) is 3. The fourth-order valence-corrected chi connectivity index (χ4v) is 4.73. The summed E-state index contributed by atoms with van der Waals surface area (Å²) in [7, 11) is -2.96. The second kappa shape index (κ2) is 5.25. The van der Waals surface area contributed by atoms with Crippen LogP contribution in [0.25, 0.3) is 0 Å². The fourth-order valence-electron chi connectivity index (χ4n) is 3.08. The van der Waals surface area contributed by atoms with Crippen molar-refractivity contribution in [3.63, 3.8) is 0 Å². The van der Waals surface area contributed by atoms with Crippen molar-refractivity contribution in [1.29, 1.82) is 0 Å². The lowest BCUT2D eigenvalue weighted by atomic mass is 9.94. The molecule has 2 atom stereocenters. The van der Waals surface area contributed by atoms with Gasteiger partial charge in [-0.05, 0) is 50.8 Å². The van der Waals surface area contributed by atoms with Crippen LogP contribution in [0.15, 0.2) is 12.1 Å². The Hall–Kier alpha value is -0.870. The van der Waals surface area contributed by atoms with Crippen molar-refractivity contribution in [2.24, 2.45) is 0 Å². The molecule has 0 amide bonds. The Labute approximate surface area is 116 Å². The molecule has 4 heteroatoms. The molecule has 0 radical (unpaired) electrons. The minimum Gasteiger partial charge on any atom is -0.307 e. The lowest BCUT2D eigenvalue weighted by molar-refractivity contribution is 0.481. The van der Waals surface area contributed by atoms with Gasteiger partial charge in [-0.25, -0.2) is 8.42 Å². The van der Waals surface area contributed by atoms with Gasteiger partial charge < -0.3 is 5.32 Å². The van der Waals surface area contributed by atoms with Gasteiger partial charge in [0.2, 0.25) is 0 Å². The molecule has 2 unspecified atom stereocenters. The van der Waals surface area contributed by atoms with E-state index in [4.69, 9.17) is 0 Å². The molecule has 3 nitrogen and oxygen atoms in total. The topological polar surface area (TPSA) is 46.2 Å². The van der Waals surface area contributed by atoms with E-state index in [1.807, 2.05) is 0 Å². The highest BCUT2D eigenvalue weighted by molar-refractivity contribution is 7.91. The third-order valence-electron chi connectivity index (χ3n) is 3.85. The van der Waals surface area contributed by atoms with Crippen molar-refractivity contribution in [2.75, 3.05) is 11.5 Å². The van der Waals surface area contributed by atoms with E-state index in [0.29, 0.717) is 12.2 Å². The Balaban J connectivity index is 2.45. The highest BCUT2D eigenvalue weighted by Crippen LogP contribution is 2.27. The number of nitrogens with one attached hydrogen (secondary N) is 1. The molecular weight excluding hydrogens is 258 g/mol. The molecule has 0 aliphatic carbocycles. The number of aryl methyl sites for hydroxylation is 3. The number of benzene rings is 1. The van der Waals surface area contributed by atoms with Crippen LogP contribution in [-0.2, 0) is 9.84 Å². The standard InChI is InChI=1S/C15H23NO2S/c1-10-7-11(2)15(12(3)8-10)14-9-19(17,18)6-5-13(4)16-14/h7-8,13-14,16H,5-6,9H2,1-4H3. The summed E-state index contributed by atoms with van der Waals surface area (Å²) in [6, 6.07) is 4.42. The first kappa shape index (κ1) is 14.5. The summed E-state index contributed by atoms with van der Waals surface area (Å²) in [5.41, 5.74) is 4.74. The van der Waals surface area contributed by atoms with Gasteiger partial charge in [0.1, 0.15) is 0 Å². The third-order valence-corrected chi connectivity index (χ3v) is 5.55. The third kappa shape index (κ3) is 3.37. The molecule has 1 N–H and O–H groups in total. The predicted octanol–water partition coefficient (Wildman–Crippen LogP) is 2.45. The van der Waals surface area contributed by atoms with Crippen molar-refractivity contribution < 1.29 is 8.42 Å². The Morgan fingerprint density at radius 3 is 2.32 bits per heavy atom. The maximum atomic E-state index is 12.0. The molecular formula is C15H23NO2S.